The molecule has 0 aliphatic carbocycles. The standard InChI is InChI=1S/C15H17NO/c1-11-6-7-13-4-3-5-14(15(13)10-11)8-9-16-12(2)17/h3-7,10H,8-9H2,1-2H3,(H,16,17). The molecule has 1 N–H and O–H groups in total. The third-order valence-electron chi connectivity index (χ3n) is 2.90. The first-order chi connectivity index (χ1) is 8.16. The lowest BCUT2D eigenvalue weighted by Gasteiger charge is -2.08. The van der Waals surface area contributed by atoms with E-state index in [-0.39, 0.29) is 5.91 Å². The van der Waals surface area contributed by atoms with Crippen LogP contribution in [0.25, 0.3) is 10.8 Å². The molecule has 0 saturated heterocycles. The van der Waals surface area contributed by atoms with Crippen LogP contribution in [0, 0.1) is 6.92 Å². The molecule has 88 valence electrons. The molecule has 0 unspecified atom stereocenters. The van der Waals surface area contributed by atoms with Gasteiger partial charge in [-0.05, 0) is 29.7 Å². The number of aryl methyl sites for hydroxylation is 1. The summed E-state index contributed by atoms with van der Waals surface area (Å²) >= 11 is 0. The van der Waals surface area contributed by atoms with Crippen molar-refractivity contribution in [3.05, 3.63) is 47.5 Å². The summed E-state index contributed by atoms with van der Waals surface area (Å²) in [6.07, 6.45) is 0.875. The molecule has 0 saturated carbocycles. The first-order valence-corrected chi connectivity index (χ1v) is 5.89. The summed E-state index contributed by atoms with van der Waals surface area (Å²) in [6, 6.07) is 12.8. The average molecular weight is 227 g/mol. The molecule has 2 aromatic carbocycles. The maximum Gasteiger partial charge on any atom is 0.216 e. The van der Waals surface area contributed by atoms with Crippen molar-refractivity contribution < 1.29 is 4.79 Å². The Bertz CT molecular complexity index is 546. The Morgan fingerprint density at radius 3 is 2.82 bits per heavy atom. The largest absolute Gasteiger partial charge is 0.356 e. The summed E-state index contributed by atoms with van der Waals surface area (Å²) in [5, 5.41) is 5.38. The predicted octanol–water partition coefficient (Wildman–Crippen LogP) is 2.83. The molecule has 0 bridgehead atoms. The first kappa shape index (κ1) is 11.6. The van der Waals surface area contributed by atoms with Crippen molar-refractivity contribution in [2.24, 2.45) is 0 Å². The van der Waals surface area contributed by atoms with Gasteiger partial charge >= 0.3 is 0 Å². The van der Waals surface area contributed by atoms with Crippen LogP contribution in [0.5, 0.6) is 0 Å². The number of rotatable bonds is 3. The summed E-state index contributed by atoms with van der Waals surface area (Å²) in [5.41, 5.74) is 2.56. The quantitative estimate of drug-likeness (QED) is 0.858. The summed E-state index contributed by atoms with van der Waals surface area (Å²) in [5.74, 6) is 0.0291. The zero-order chi connectivity index (χ0) is 12.3. The van der Waals surface area contributed by atoms with Gasteiger partial charge in [0.15, 0.2) is 0 Å². The van der Waals surface area contributed by atoms with Gasteiger partial charge in [0.05, 0.1) is 0 Å². The SMILES string of the molecule is CC(=O)NCCc1cccc2ccc(C)cc12. The van der Waals surface area contributed by atoms with E-state index in [9.17, 15) is 4.79 Å². The second-order valence-corrected chi connectivity index (χ2v) is 4.37. The zero-order valence-electron chi connectivity index (χ0n) is 10.3. The highest BCUT2D eigenvalue weighted by Gasteiger charge is 2.01. The predicted molar refractivity (Wildman–Crippen MR) is 71.1 cm³/mol. The van der Waals surface area contributed by atoms with Gasteiger partial charge in [0.1, 0.15) is 0 Å². The normalized spacial score (nSPS) is 10.5. The summed E-state index contributed by atoms with van der Waals surface area (Å²) < 4.78 is 0. The van der Waals surface area contributed by atoms with Crippen LogP contribution in [-0.4, -0.2) is 12.5 Å². The third kappa shape index (κ3) is 2.84. The highest BCUT2D eigenvalue weighted by Crippen LogP contribution is 2.20. The summed E-state index contributed by atoms with van der Waals surface area (Å²) in [6.45, 7) is 4.35. The van der Waals surface area contributed by atoms with Gasteiger partial charge < -0.3 is 5.32 Å². The van der Waals surface area contributed by atoms with Crippen LogP contribution in [0.4, 0.5) is 0 Å². The Morgan fingerprint density at radius 2 is 2.06 bits per heavy atom. The summed E-state index contributed by atoms with van der Waals surface area (Å²) in [7, 11) is 0. The lowest BCUT2D eigenvalue weighted by atomic mass is 10.0. The number of hydrogen-bond donors (Lipinski definition) is 1. The van der Waals surface area contributed by atoms with Crippen LogP contribution in [0.1, 0.15) is 18.1 Å². The van der Waals surface area contributed by atoms with E-state index in [0.29, 0.717) is 6.54 Å². The van der Waals surface area contributed by atoms with E-state index in [1.54, 1.807) is 6.92 Å². The van der Waals surface area contributed by atoms with Gasteiger partial charge in [-0.3, -0.25) is 4.79 Å². The third-order valence-corrected chi connectivity index (χ3v) is 2.90. The van der Waals surface area contributed by atoms with E-state index in [2.05, 4.69) is 48.6 Å². The molecule has 0 aromatic heterocycles. The van der Waals surface area contributed by atoms with Crippen LogP contribution < -0.4 is 5.32 Å². The van der Waals surface area contributed by atoms with E-state index < -0.39 is 0 Å². The van der Waals surface area contributed by atoms with E-state index in [1.807, 2.05) is 0 Å². The van der Waals surface area contributed by atoms with Crippen molar-refractivity contribution in [2.75, 3.05) is 6.54 Å². The number of carbonyl (C=O) groups excluding carboxylic acids is 1. The Kier molecular flexibility index (Phi) is 3.43. The topological polar surface area (TPSA) is 29.1 Å². The Morgan fingerprint density at radius 1 is 1.24 bits per heavy atom. The molecule has 0 fully saturated rings. The van der Waals surface area contributed by atoms with Gasteiger partial charge in [0, 0.05) is 13.5 Å². The molecule has 2 nitrogen and oxygen atoms in total. The minimum Gasteiger partial charge on any atom is -0.356 e. The minimum absolute atomic E-state index is 0.0291. The maximum atomic E-state index is 10.8. The average Bonchev–Trinajstić information content (AvgIpc) is 2.29. The molecular formula is C15H17NO. The van der Waals surface area contributed by atoms with E-state index >= 15 is 0 Å². The molecule has 2 heteroatoms. The fourth-order valence-corrected chi connectivity index (χ4v) is 2.04. The number of hydrogen-bond acceptors (Lipinski definition) is 1. The van der Waals surface area contributed by atoms with Crippen molar-refractivity contribution in [3.63, 3.8) is 0 Å². The zero-order valence-corrected chi connectivity index (χ0v) is 10.3. The lowest BCUT2D eigenvalue weighted by Crippen LogP contribution is -2.22. The second kappa shape index (κ2) is 5.00. The molecule has 1 amide bonds. The van der Waals surface area contributed by atoms with Crippen molar-refractivity contribution in [3.8, 4) is 0 Å². The van der Waals surface area contributed by atoms with Gasteiger partial charge in [0.2, 0.25) is 5.91 Å². The highest BCUT2D eigenvalue weighted by atomic mass is 16.1. The number of amides is 1. The minimum atomic E-state index is 0.0291. The Labute approximate surface area is 102 Å². The van der Waals surface area contributed by atoms with Crippen molar-refractivity contribution in [1.82, 2.24) is 5.32 Å². The number of carbonyl (C=O) groups is 1. The molecule has 2 rings (SSSR count). The number of nitrogens with one attached hydrogen (secondary N) is 1. The van der Waals surface area contributed by atoms with Gasteiger partial charge in [-0.25, -0.2) is 0 Å². The first-order valence-electron chi connectivity index (χ1n) is 5.89. The van der Waals surface area contributed by atoms with E-state index in [0.717, 1.165) is 6.42 Å². The maximum absolute atomic E-state index is 10.8. The van der Waals surface area contributed by atoms with Gasteiger partial charge in [-0.2, -0.15) is 0 Å². The van der Waals surface area contributed by atoms with Crippen LogP contribution in [0.15, 0.2) is 36.4 Å². The van der Waals surface area contributed by atoms with Gasteiger partial charge in [-0.15, -0.1) is 0 Å². The summed E-state index contributed by atoms with van der Waals surface area (Å²) in [4.78, 5) is 10.8. The van der Waals surface area contributed by atoms with Crippen LogP contribution in [-0.2, 0) is 11.2 Å². The number of fused-ring (bicyclic) bond motifs is 1. The van der Waals surface area contributed by atoms with Crippen LogP contribution >= 0.6 is 0 Å². The van der Waals surface area contributed by atoms with Crippen LogP contribution in [0.2, 0.25) is 0 Å². The molecule has 0 radical (unpaired) electrons. The fraction of sp³-hybridized carbons (Fsp3) is 0.267. The molecule has 17 heavy (non-hydrogen) atoms. The van der Waals surface area contributed by atoms with Crippen molar-refractivity contribution in [1.29, 1.82) is 0 Å². The van der Waals surface area contributed by atoms with E-state index in [4.69, 9.17) is 0 Å². The molecule has 0 aliphatic rings. The number of benzene rings is 2. The van der Waals surface area contributed by atoms with Crippen LogP contribution in [0.3, 0.4) is 0 Å². The van der Waals surface area contributed by atoms with Gasteiger partial charge in [-0.1, -0.05) is 42.0 Å². The van der Waals surface area contributed by atoms with Gasteiger partial charge in [0.25, 0.3) is 0 Å². The monoisotopic (exact) mass is 227 g/mol. The van der Waals surface area contributed by atoms with E-state index in [1.165, 1.54) is 21.9 Å². The Balaban J connectivity index is 2.27. The Hall–Kier alpha value is -1.83. The van der Waals surface area contributed by atoms with Crippen molar-refractivity contribution >= 4 is 16.7 Å². The fourth-order valence-electron chi connectivity index (χ4n) is 2.04. The smallest absolute Gasteiger partial charge is 0.216 e. The molecular weight excluding hydrogens is 210 g/mol. The molecule has 0 spiro atoms. The molecule has 0 aliphatic heterocycles. The highest BCUT2D eigenvalue weighted by molar-refractivity contribution is 5.86. The van der Waals surface area contributed by atoms with Crippen molar-refractivity contribution in [2.45, 2.75) is 20.3 Å². The molecule has 0 atom stereocenters. The second-order valence-electron chi connectivity index (χ2n) is 4.37. The molecule has 0 heterocycles. The molecule has 2 aromatic rings. The lowest BCUT2D eigenvalue weighted by molar-refractivity contribution is -0.118.